The van der Waals surface area contributed by atoms with Gasteiger partial charge < -0.3 is 20.7 Å². The second-order valence-corrected chi connectivity index (χ2v) is 7.84. The number of likely N-dealkylation sites (tertiary alicyclic amines) is 1. The SMILES string of the molecule is COc1ccc(Nc2cc(C)nc([C@@H]3CCCN(C(=O)c4ccc(N)nc4)C3)c2)cc1. The number of hydrogen-bond donors (Lipinski definition) is 2. The lowest BCUT2D eigenvalue weighted by Gasteiger charge is -2.33. The summed E-state index contributed by atoms with van der Waals surface area (Å²) in [6, 6.07) is 15.3. The third kappa shape index (κ3) is 4.94. The Bertz CT molecular complexity index is 1050. The lowest BCUT2D eigenvalue weighted by atomic mass is 9.93. The van der Waals surface area contributed by atoms with Crippen molar-refractivity contribution in [1.29, 1.82) is 0 Å². The maximum Gasteiger partial charge on any atom is 0.255 e. The Balaban J connectivity index is 1.50. The molecule has 0 spiro atoms. The molecule has 1 aliphatic heterocycles. The molecule has 160 valence electrons. The second-order valence-electron chi connectivity index (χ2n) is 7.84. The van der Waals surface area contributed by atoms with Gasteiger partial charge in [-0.25, -0.2) is 4.98 Å². The highest BCUT2D eigenvalue weighted by molar-refractivity contribution is 5.94. The molecule has 7 heteroatoms. The van der Waals surface area contributed by atoms with Crippen molar-refractivity contribution in [3.05, 3.63) is 71.7 Å². The molecule has 1 saturated heterocycles. The Kier molecular flexibility index (Phi) is 6.02. The number of nitrogen functional groups attached to an aromatic ring is 1. The van der Waals surface area contributed by atoms with Gasteiger partial charge in [-0.1, -0.05) is 0 Å². The third-order valence-corrected chi connectivity index (χ3v) is 5.51. The van der Waals surface area contributed by atoms with Crippen molar-refractivity contribution in [2.24, 2.45) is 0 Å². The van der Waals surface area contributed by atoms with Crippen molar-refractivity contribution < 1.29 is 9.53 Å². The van der Waals surface area contributed by atoms with Crippen molar-refractivity contribution in [1.82, 2.24) is 14.9 Å². The number of rotatable bonds is 5. The lowest BCUT2D eigenvalue weighted by molar-refractivity contribution is 0.0705. The molecule has 1 aromatic carbocycles. The molecule has 0 aliphatic carbocycles. The number of nitrogens with two attached hydrogens (primary N) is 1. The van der Waals surface area contributed by atoms with E-state index in [1.54, 1.807) is 25.4 Å². The molecule has 3 heterocycles. The normalized spacial score (nSPS) is 16.1. The van der Waals surface area contributed by atoms with Crippen LogP contribution in [-0.2, 0) is 0 Å². The molecule has 4 rings (SSSR count). The van der Waals surface area contributed by atoms with Gasteiger partial charge in [-0.3, -0.25) is 9.78 Å². The summed E-state index contributed by atoms with van der Waals surface area (Å²) in [6.07, 6.45) is 3.49. The average Bonchev–Trinajstić information content (AvgIpc) is 2.79. The van der Waals surface area contributed by atoms with Gasteiger partial charge in [0.2, 0.25) is 0 Å². The molecule has 1 amide bonds. The van der Waals surface area contributed by atoms with Crippen LogP contribution in [0, 0.1) is 6.92 Å². The zero-order valence-electron chi connectivity index (χ0n) is 17.8. The Morgan fingerprint density at radius 2 is 1.97 bits per heavy atom. The van der Waals surface area contributed by atoms with E-state index in [0.717, 1.165) is 47.9 Å². The van der Waals surface area contributed by atoms with Gasteiger partial charge in [-0.15, -0.1) is 0 Å². The molecule has 1 atom stereocenters. The number of carbonyl (C=O) groups is 1. The predicted molar refractivity (Wildman–Crippen MR) is 122 cm³/mol. The number of methoxy groups -OCH3 is 1. The van der Waals surface area contributed by atoms with E-state index in [9.17, 15) is 4.79 Å². The molecule has 1 fully saturated rings. The van der Waals surface area contributed by atoms with E-state index >= 15 is 0 Å². The third-order valence-electron chi connectivity index (χ3n) is 5.51. The molecule has 0 bridgehead atoms. The van der Waals surface area contributed by atoms with E-state index < -0.39 is 0 Å². The smallest absolute Gasteiger partial charge is 0.255 e. The Morgan fingerprint density at radius 3 is 2.68 bits per heavy atom. The minimum absolute atomic E-state index is 0.0126. The van der Waals surface area contributed by atoms with Gasteiger partial charge >= 0.3 is 0 Å². The van der Waals surface area contributed by atoms with Crippen molar-refractivity contribution in [3.8, 4) is 5.75 Å². The molecular weight excluding hydrogens is 390 g/mol. The topological polar surface area (TPSA) is 93.4 Å². The number of aromatic nitrogens is 2. The van der Waals surface area contributed by atoms with Crippen LogP contribution in [0.5, 0.6) is 5.75 Å². The number of ether oxygens (including phenoxy) is 1. The Labute approximate surface area is 182 Å². The number of carbonyl (C=O) groups excluding carboxylic acids is 1. The van der Waals surface area contributed by atoms with Crippen molar-refractivity contribution in [2.75, 3.05) is 31.2 Å². The number of pyridine rings is 2. The van der Waals surface area contributed by atoms with Gasteiger partial charge in [0.1, 0.15) is 11.6 Å². The van der Waals surface area contributed by atoms with E-state index in [1.165, 1.54) is 0 Å². The standard InChI is InChI=1S/C24H27N5O2/c1-16-12-20(28-19-6-8-21(31-2)9-7-19)13-22(27-16)18-4-3-11-29(15-18)24(30)17-5-10-23(25)26-14-17/h5-10,12-14,18H,3-4,11,15H2,1-2H3,(H2,25,26)(H,27,28)/t18-/m1/s1. The number of amides is 1. The highest BCUT2D eigenvalue weighted by atomic mass is 16.5. The molecule has 31 heavy (non-hydrogen) atoms. The van der Waals surface area contributed by atoms with Gasteiger partial charge in [0.15, 0.2) is 0 Å². The van der Waals surface area contributed by atoms with Crippen LogP contribution in [0.3, 0.4) is 0 Å². The quantitative estimate of drug-likeness (QED) is 0.648. The first-order valence-corrected chi connectivity index (χ1v) is 10.4. The minimum atomic E-state index is -0.0126. The molecular formula is C24H27N5O2. The monoisotopic (exact) mass is 417 g/mol. The van der Waals surface area contributed by atoms with Gasteiger partial charge in [0.05, 0.1) is 12.7 Å². The molecule has 0 radical (unpaired) electrons. The zero-order chi connectivity index (χ0) is 21.8. The molecule has 1 aliphatic rings. The number of anilines is 3. The Hall–Kier alpha value is -3.61. The first-order valence-electron chi connectivity index (χ1n) is 10.4. The largest absolute Gasteiger partial charge is 0.497 e. The summed E-state index contributed by atoms with van der Waals surface area (Å²) >= 11 is 0. The molecule has 3 aromatic rings. The van der Waals surface area contributed by atoms with E-state index in [1.807, 2.05) is 42.2 Å². The number of aryl methyl sites for hydroxylation is 1. The van der Waals surface area contributed by atoms with Crippen LogP contribution in [0.2, 0.25) is 0 Å². The summed E-state index contributed by atoms with van der Waals surface area (Å²) in [5.41, 5.74) is 10.1. The molecule has 3 N–H and O–H groups in total. The van der Waals surface area contributed by atoms with Crippen LogP contribution in [0.15, 0.2) is 54.7 Å². The highest BCUT2D eigenvalue weighted by Crippen LogP contribution is 2.30. The summed E-state index contributed by atoms with van der Waals surface area (Å²) < 4.78 is 5.22. The summed E-state index contributed by atoms with van der Waals surface area (Å²) in [5.74, 6) is 1.41. The fraction of sp³-hybridized carbons (Fsp3) is 0.292. The summed E-state index contributed by atoms with van der Waals surface area (Å²) in [4.78, 5) is 23.6. The summed E-state index contributed by atoms with van der Waals surface area (Å²) in [5, 5.41) is 3.44. The molecule has 7 nitrogen and oxygen atoms in total. The van der Waals surface area contributed by atoms with Crippen LogP contribution >= 0.6 is 0 Å². The van der Waals surface area contributed by atoms with Crippen LogP contribution in [0.4, 0.5) is 17.2 Å². The van der Waals surface area contributed by atoms with E-state index in [2.05, 4.69) is 16.4 Å². The number of benzene rings is 1. The van der Waals surface area contributed by atoms with E-state index in [4.69, 9.17) is 15.5 Å². The predicted octanol–water partition coefficient (Wildman–Crippen LogP) is 4.14. The van der Waals surface area contributed by atoms with Gasteiger partial charge in [0.25, 0.3) is 5.91 Å². The second kappa shape index (κ2) is 9.04. The number of nitrogens with zero attached hydrogens (tertiary/aromatic N) is 3. The lowest BCUT2D eigenvalue weighted by Crippen LogP contribution is -2.39. The van der Waals surface area contributed by atoms with Crippen LogP contribution in [-0.4, -0.2) is 41.0 Å². The highest BCUT2D eigenvalue weighted by Gasteiger charge is 2.27. The fourth-order valence-corrected chi connectivity index (χ4v) is 3.93. The van der Waals surface area contributed by atoms with Gasteiger partial charge in [0, 0.05) is 48.0 Å². The van der Waals surface area contributed by atoms with Crippen LogP contribution < -0.4 is 15.8 Å². The van der Waals surface area contributed by atoms with Gasteiger partial charge in [-0.2, -0.15) is 0 Å². The maximum atomic E-state index is 12.9. The summed E-state index contributed by atoms with van der Waals surface area (Å²) in [6.45, 7) is 3.37. The minimum Gasteiger partial charge on any atom is -0.497 e. The van der Waals surface area contributed by atoms with Gasteiger partial charge in [-0.05, 0) is 68.3 Å². The zero-order valence-corrected chi connectivity index (χ0v) is 17.8. The van der Waals surface area contributed by atoms with Crippen molar-refractivity contribution in [3.63, 3.8) is 0 Å². The molecule has 0 unspecified atom stereocenters. The molecule has 0 saturated carbocycles. The summed E-state index contributed by atoms with van der Waals surface area (Å²) in [7, 11) is 1.66. The number of hydrogen-bond acceptors (Lipinski definition) is 6. The first-order chi connectivity index (χ1) is 15.0. The van der Waals surface area contributed by atoms with Crippen molar-refractivity contribution in [2.45, 2.75) is 25.7 Å². The van der Waals surface area contributed by atoms with Crippen LogP contribution in [0.1, 0.15) is 40.5 Å². The van der Waals surface area contributed by atoms with E-state index in [-0.39, 0.29) is 11.8 Å². The average molecular weight is 418 g/mol. The van der Waals surface area contributed by atoms with E-state index in [0.29, 0.717) is 17.9 Å². The first kappa shape index (κ1) is 20.7. The number of nitrogens with one attached hydrogen (secondary N) is 1. The van der Waals surface area contributed by atoms with Crippen molar-refractivity contribution >= 4 is 23.1 Å². The number of piperidine rings is 1. The maximum absolute atomic E-state index is 12.9. The Morgan fingerprint density at radius 1 is 1.16 bits per heavy atom. The molecule has 2 aromatic heterocycles. The fourth-order valence-electron chi connectivity index (χ4n) is 3.93. The van der Waals surface area contributed by atoms with Crippen LogP contribution in [0.25, 0.3) is 0 Å².